The van der Waals surface area contributed by atoms with Crippen LogP contribution < -0.4 is 4.90 Å². The van der Waals surface area contributed by atoms with Gasteiger partial charge in [0.1, 0.15) is 5.69 Å². The third-order valence-electron chi connectivity index (χ3n) is 2.78. The Kier molecular flexibility index (Phi) is 4.40. The number of rotatable bonds is 0. The minimum absolute atomic E-state index is 1.14. The van der Waals surface area contributed by atoms with Crippen LogP contribution in [0.4, 0.5) is 28.3 Å². The van der Waals surface area contributed by atoms with Gasteiger partial charge in [0.2, 0.25) is 0 Å². The molecular weight excluding hydrogens is 470 g/mol. The van der Waals surface area contributed by atoms with Crippen molar-refractivity contribution in [3.05, 3.63) is 42.5 Å². The van der Waals surface area contributed by atoms with E-state index in [1.54, 1.807) is 0 Å². The van der Waals surface area contributed by atoms with Crippen molar-refractivity contribution < 1.29 is 16.9 Å². The average molecular weight is 482 g/mol. The van der Waals surface area contributed by atoms with Gasteiger partial charge < -0.3 is 4.90 Å². The fourth-order valence-corrected chi connectivity index (χ4v) is 3.68. The van der Waals surface area contributed by atoms with Gasteiger partial charge in [0.15, 0.2) is 4.90 Å². The van der Waals surface area contributed by atoms with Gasteiger partial charge in [-0.3, -0.25) is 0 Å². The molecule has 10 heteroatoms. The molecule has 0 radical (unpaired) electrons. The van der Waals surface area contributed by atoms with Crippen LogP contribution in [-0.4, -0.2) is 26.5 Å². The van der Waals surface area contributed by atoms with Gasteiger partial charge >= 0.3 is 36.4 Å². The molecule has 0 saturated heterocycles. The summed E-state index contributed by atoms with van der Waals surface area (Å²) in [5.74, 6) is 0. The monoisotopic (exact) mass is 481 g/mol. The van der Waals surface area contributed by atoms with E-state index in [2.05, 4.69) is 67.0 Å². The van der Waals surface area contributed by atoms with E-state index >= 15 is 0 Å². The zero-order chi connectivity index (χ0) is 17.5. The molecule has 1 aliphatic rings. The van der Waals surface area contributed by atoms with E-state index < -0.39 is 19.5 Å². The first-order valence-electron chi connectivity index (χ1n) is 6.14. The summed E-state index contributed by atoms with van der Waals surface area (Å²) < 4.78 is 59.6. The predicted octanol–water partition coefficient (Wildman–Crippen LogP) is 5.43. The van der Waals surface area contributed by atoms with E-state index in [1.165, 1.54) is 21.2 Å². The predicted molar refractivity (Wildman–Crippen MR) is 85.9 cm³/mol. The van der Waals surface area contributed by atoms with E-state index in [0.29, 0.717) is 0 Å². The molecule has 0 atom stereocenters. The van der Waals surface area contributed by atoms with Gasteiger partial charge in [0, 0.05) is 16.8 Å². The van der Waals surface area contributed by atoms with Crippen molar-refractivity contribution in [2.75, 3.05) is 11.9 Å². The third kappa shape index (κ3) is 6.04. The molecule has 1 heterocycles. The number of halogens is 6. The number of hydrogen-bond acceptors (Lipinski definition) is 2. The Hall–Kier alpha value is -0.662. The van der Waals surface area contributed by atoms with Crippen LogP contribution >= 0.6 is 11.8 Å². The maximum atomic E-state index is 9.93. The number of fused-ring (bicyclic) bond motifs is 2. The van der Waals surface area contributed by atoms with Crippen molar-refractivity contribution in [2.24, 2.45) is 0 Å². The second kappa shape index (κ2) is 5.42. The normalized spacial score (nSPS) is 16.3. The van der Waals surface area contributed by atoms with E-state index in [9.17, 15) is 16.9 Å². The summed E-state index contributed by atoms with van der Waals surface area (Å²) in [4.78, 5) is 5.99. The summed E-state index contributed by atoms with van der Waals surface area (Å²) in [6.45, 7) is 0. The number of benzene rings is 2. The molecule has 0 amide bonds. The zero-order valence-corrected chi connectivity index (χ0v) is 16.0. The standard InChI is InChI=1S/C13H11NS2.6FH.Sb/c1-14-9-5-2-3-7-11(9)16-12-8-4-6-10(15)13(12)14;;;;;;;/h2-8,15H,1H3;6*1H;/q;;;;;;;+5/p-5. The molecule has 2 aromatic rings. The number of hydrogen-bond donors (Lipinski definition) is 0. The van der Waals surface area contributed by atoms with Crippen LogP contribution in [0.25, 0.3) is 0 Å². The molecule has 0 aliphatic carbocycles. The molecule has 128 valence electrons. The van der Waals surface area contributed by atoms with Gasteiger partial charge in [-0.05, 0) is 36.9 Å². The second-order valence-electron chi connectivity index (χ2n) is 4.74. The molecule has 2 aromatic carbocycles. The van der Waals surface area contributed by atoms with E-state index in [4.69, 9.17) is 0 Å². The Morgan fingerprint density at radius 2 is 1.39 bits per heavy atom. The van der Waals surface area contributed by atoms with Gasteiger partial charge in [-0.25, -0.2) is 0 Å². The summed E-state index contributed by atoms with van der Waals surface area (Å²) in [5, 5.41) is 0. The fourth-order valence-electron chi connectivity index (χ4n) is 2.01. The Bertz CT molecular complexity index is 736. The Morgan fingerprint density at radius 3 is 2.00 bits per heavy atom. The van der Waals surface area contributed by atoms with Crippen LogP contribution in [0.5, 0.6) is 0 Å². The maximum absolute atomic E-state index is 11.2. The van der Waals surface area contributed by atoms with Gasteiger partial charge in [-0.2, -0.15) is 0 Å². The molecule has 1 aliphatic heterocycles. The van der Waals surface area contributed by atoms with Crippen LogP contribution in [0.2, 0.25) is 0 Å². The van der Waals surface area contributed by atoms with Crippen molar-refractivity contribution in [2.45, 2.75) is 14.7 Å². The first-order chi connectivity index (χ1) is 10.2. The number of anilines is 2. The number of para-hydroxylation sites is 2. The van der Waals surface area contributed by atoms with Gasteiger partial charge in [-0.15, -0.1) is 0 Å². The topological polar surface area (TPSA) is 3.24 Å². The van der Waals surface area contributed by atoms with E-state index in [1.807, 2.05) is 11.8 Å². The van der Waals surface area contributed by atoms with Crippen LogP contribution in [0, 0.1) is 0 Å². The molecular formula is C13H12F6NS2Sb. The van der Waals surface area contributed by atoms with Crippen molar-refractivity contribution in [1.29, 1.82) is 0 Å². The summed E-state index contributed by atoms with van der Waals surface area (Å²) >= 11 is -5.75. The van der Waals surface area contributed by atoms with E-state index in [0.717, 1.165) is 4.90 Å². The summed E-state index contributed by atoms with van der Waals surface area (Å²) in [6.07, 6.45) is 0. The summed E-state index contributed by atoms with van der Waals surface area (Å²) in [6, 6.07) is 14.8. The molecule has 0 bridgehead atoms. The van der Waals surface area contributed by atoms with Gasteiger partial charge in [0.25, 0.3) is 0 Å². The van der Waals surface area contributed by atoms with Crippen LogP contribution in [-0.2, 0) is 12.6 Å². The van der Waals surface area contributed by atoms with Crippen LogP contribution in [0.3, 0.4) is 0 Å². The first-order valence-corrected chi connectivity index (χ1v) is 13.2. The molecule has 0 saturated carbocycles. The van der Waals surface area contributed by atoms with Crippen molar-refractivity contribution in [3.63, 3.8) is 0 Å². The van der Waals surface area contributed by atoms with Crippen LogP contribution in [0.1, 0.15) is 0 Å². The molecule has 3 rings (SSSR count). The minimum atomic E-state index is -11.2. The van der Waals surface area contributed by atoms with Crippen LogP contribution in [0.15, 0.2) is 57.2 Å². The van der Waals surface area contributed by atoms with Crippen molar-refractivity contribution in [1.82, 2.24) is 0 Å². The molecule has 1 nitrogen and oxygen atoms in total. The van der Waals surface area contributed by atoms with Gasteiger partial charge in [-0.1, -0.05) is 30.0 Å². The molecule has 0 N–H and O–H groups in total. The average Bonchev–Trinajstić information content (AvgIpc) is 2.35. The van der Waals surface area contributed by atoms with Crippen molar-refractivity contribution >= 4 is 55.2 Å². The molecule has 0 unspecified atom stereocenters. The number of nitrogens with zero attached hydrogens (tertiary/aromatic N) is 1. The summed E-state index contributed by atoms with van der Waals surface area (Å²) in [7, 11) is 2.11. The fraction of sp³-hybridized carbons (Fsp3) is 0.0769. The molecule has 0 spiro atoms. The Morgan fingerprint density at radius 1 is 0.870 bits per heavy atom. The third-order valence-corrected chi connectivity index (χ3v) is 4.30. The zero-order valence-electron chi connectivity index (χ0n) is 11.6. The van der Waals surface area contributed by atoms with E-state index in [-0.39, 0.29) is 0 Å². The molecule has 0 fully saturated rings. The molecule has 0 aromatic heterocycles. The quantitative estimate of drug-likeness (QED) is 0.280. The van der Waals surface area contributed by atoms with Crippen molar-refractivity contribution in [3.8, 4) is 0 Å². The molecule has 23 heavy (non-hydrogen) atoms. The SMILES string of the molecule is CN1c2ccccc2Sc2cccc([SH2+])c21.[F][Sb-]([F])([F])([F])([F])[F]. The summed E-state index contributed by atoms with van der Waals surface area (Å²) in [5.41, 5.74) is 2.52. The Labute approximate surface area is 141 Å². The Balaban J connectivity index is 0.000000236. The second-order valence-corrected chi connectivity index (χ2v) is 11.8. The van der Waals surface area contributed by atoms with Gasteiger partial charge in [0.05, 0.1) is 5.69 Å². The first kappa shape index (κ1) is 18.7.